The molecule has 0 N–H and O–H groups in total. The summed E-state index contributed by atoms with van der Waals surface area (Å²) in [5, 5.41) is 2.48. The average molecular weight is 560 g/mol. The highest BCUT2D eigenvalue weighted by Gasteiger charge is 2.32. The molecule has 0 aliphatic heterocycles. The van der Waals surface area contributed by atoms with Crippen LogP contribution in [0.3, 0.4) is 0 Å². The number of thiophene rings is 1. The van der Waals surface area contributed by atoms with E-state index in [0.717, 1.165) is 46.5 Å². The Morgan fingerprint density at radius 3 is 2.56 bits per heavy atom. The zero-order valence-electron chi connectivity index (χ0n) is 20.7. The van der Waals surface area contributed by atoms with Crippen LogP contribution < -0.4 is 10.3 Å². The Kier molecular flexibility index (Phi) is 7.16. The highest BCUT2D eigenvalue weighted by Crippen LogP contribution is 2.42. The molecule has 4 aromatic rings. The number of rotatable bonds is 5. The van der Waals surface area contributed by atoms with E-state index in [4.69, 9.17) is 32.9 Å². The van der Waals surface area contributed by atoms with Crippen molar-refractivity contribution in [2.24, 2.45) is 11.3 Å². The second kappa shape index (κ2) is 10.1. The molecule has 1 atom stereocenters. The Morgan fingerprint density at radius 2 is 1.89 bits per heavy atom. The fraction of sp³-hybridized carbons (Fsp3) is 0.357. The molecule has 8 heteroatoms. The third-order valence-corrected chi connectivity index (χ3v) is 9.86. The zero-order chi connectivity index (χ0) is 25.6. The maximum Gasteiger partial charge on any atom is 0.267 e. The number of nitrogens with zero attached hydrogens (tertiary/aromatic N) is 2. The molecule has 0 amide bonds. The Balaban J connectivity index is 1.61. The minimum Gasteiger partial charge on any atom is -0.497 e. The monoisotopic (exact) mass is 558 g/mol. The fourth-order valence-corrected chi connectivity index (χ4v) is 7.40. The minimum absolute atomic E-state index is 0.00601. The predicted octanol–water partition coefficient (Wildman–Crippen LogP) is 8.21. The van der Waals surface area contributed by atoms with Gasteiger partial charge in [0, 0.05) is 10.6 Å². The Morgan fingerprint density at radius 1 is 1.14 bits per heavy atom. The number of thioether (sulfide) groups is 1. The summed E-state index contributed by atoms with van der Waals surface area (Å²) >= 11 is 15.5. The number of hydrogen-bond donors (Lipinski definition) is 0. The number of halogens is 2. The standard InChI is InChI=1S/C28H28Cl2N2O2S2/c1-28(2,3)17-6-11-20-23(14-17)36-25-24(20)26(33)32(18-7-9-19(34-4)10-8-18)27(31-25)35-15-16-5-12-21(29)22(30)13-16/h5,7-10,12-13,17H,6,11,14-15H2,1-4H3/t17-/m0/s1. The molecule has 1 aliphatic carbocycles. The molecular weight excluding hydrogens is 531 g/mol. The molecule has 0 spiro atoms. The van der Waals surface area contributed by atoms with Gasteiger partial charge in [0.2, 0.25) is 0 Å². The van der Waals surface area contributed by atoms with E-state index in [1.165, 1.54) is 22.2 Å². The molecule has 0 saturated heterocycles. The second-order valence-corrected chi connectivity index (χ2v) is 13.1. The molecule has 36 heavy (non-hydrogen) atoms. The summed E-state index contributed by atoms with van der Waals surface area (Å²) in [5.41, 5.74) is 3.22. The van der Waals surface area contributed by atoms with Gasteiger partial charge < -0.3 is 4.74 Å². The molecule has 2 heterocycles. The lowest BCUT2D eigenvalue weighted by molar-refractivity contribution is 0.218. The van der Waals surface area contributed by atoms with Crippen molar-refractivity contribution in [3.8, 4) is 11.4 Å². The first kappa shape index (κ1) is 25.7. The molecule has 5 rings (SSSR count). The number of ether oxygens (including phenoxy) is 1. The van der Waals surface area contributed by atoms with E-state index >= 15 is 0 Å². The summed E-state index contributed by atoms with van der Waals surface area (Å²) in [6.45, 7) is 6.92. The van der Waals surface area contributed by atoms with Gasteiger partial charge in [0.15, 0.2) is 5.16 Å². The maximum absolute atomic E-state index is 14.1. The van der Waals surface area contributed by atoms with Gasteiger partial charge in [0.1, 0.15) is 10.6 Å². The van der Waals surface area contributed by atoms with E-state index < -0.39 is 0 Å². The maximum atomic E-state index is 14.1. The van der Waals surface area contributed by atoms with E-state index in [2.05, 4.69) is 20.8 Å². The Hall–Kier alpha value is -1.99. The van der Waals surface area contributed by atoms with Crippen molar-refractivity contribution in [3.63, 3.8) is 0 Å². The Labute approximate surface area is 229 Å². The van der Waals surface area contributed by atoms with Crippen molar-refractivity contribution in [1.82, 2.24) is 9.55 Å². The van der Waals surface area contributed by atoms with Crippen LogP contribution in [-0.4, -0.2) is 16.7 Å². The van der Waals surface area contributed by atoms with Crippen LogP contribution in [-0.2, 0) is 18.6 Å². The van der Waals surface area contributed by atoms with E-state index in [9.17, 15) is 4.79 Å². The molecule has 0 saturated carbocycles. The molecule has 0 radical (unpaired) electrons. The van der Waals surface area contributed by atoms with Crippen LogP contribution in [0.25, 0.3) is 15.9 Å². The van der Waals surface area contributed by atoms with Gasteiger partial charge in [-0.2, -0.15) is 0 Å². The molecule has 2 aromatic carbocycles. The first-order valence-corrected chi connectivity index (χ1v) is 14.5. The van der Waals surface area contributed by atoms with Gasteiger partial charge in [-0.25, -0.2) is 4.98 Å². The third-order valence-electron chi connectivity index (χ3n) is 6.96. The van der Waals surface area contributed by atoms with Crippen molar-refractivity contribution in [1.29, 1.82) is 0 Å². The van der Waals surface area contributed by atoms with Crippen LogP contribution >= 0.6 is 46.3 Å². The molecule has 1 aliphatic rings. The van der Waals surface area contributed by atoms with E-state index in [1.807, 2.05) is 36.4 Å². The van der Waals surface area contributed by atoms with Crippen LogP contribution in [0.5, 0.6) is 5.75 Å². The van der Waals surface area contributed by atoms with Gasteiger partial charge in [0.05, 0.1) is 28.2 Å². The summed E-state index contributed by atoms with van der Waals surface area (Å²) in [5.74, 6) is 1.96. The number of hydrogen-bond acceptors (Lipinski definition) is 5. The lowest BCUT2D eigenvalue weighted by Crippen LogP contribution is -2.27. The normalized spacial score (nSPS) is 15.8. The molecular formula is C28H28Cl2N2O2S2. The van der Waals surface area contributed by atoms with Gasteiger partial charge in [-0.05, 0) is 78.1 Å². The second-order valence-electron chi connectivity index (χ2n) is 10.3. The molecule has 4 nitrogen and oxygen atoms in total. The third kappa shape index (κ3) is 4.93. The summed E-state index contributed by atoms with van der Waals surface area (Å²) < 4.78 is 7.07. The SMILES string of the molecule is COc1ccc(-n2c(SCc3ccc(Cl)c(Cl)c3)nc3sc4c(c3c2=O)CC[C@H](C(C)(C)C)C4)cc1. The zero-order valence-corrected chi connectivity index (χ0v) is 23.9. The average Bonchev–Trinajstić information content (AvgIpc) is 3.22. The van der Waals surface area contributed by atoms with E-state index in [-0.39, 0.29) is 11.0 Å². The van der Waals surface area contributed by atoms with Gasteiger partial charge in [-0.1, -0.05) is 61.8 Å². The topological polar surface area (TPSA) is 44.1 Å². The number of methoxy groups -OCH3 is 1. The summed E-state index contributed by atoms with van der Waals surface area (Å²) in [6, 6.07) is 13.2. The Bertz CT molecular complexity index is 1490. The highest BCUT2D eigenvalue weighted by atomic mass is 35.5. The van der Waals surface area contributed by atoms with Gasteiger partial charge >= 0.3 is 0 Å². The lowest BCUT2D eigenvalue weighted by atomic mass is 9.72. The smallest absolute Gasteiger partial charge is 0.267 e. The van der Waals surface area contributed by atoms with Gasteiger partial charge in [-0.3, -0.25) is 9.36 Å². The van der Waals surface area contributed by atoms with Gasteiger partial charge in [-0.15, -0.1) is 11.3 Å². The molecule has 188 valence electrons. The van der Waals surface area contributed by atoms with Crippen LogP contribution in [0.15, 0.2) is 52.4 Å². The number of aryl methyl sites for hydroxylation is 1. The number of aromatic nitrogens is 2. The minimum atomic E-state index is -0.00601. The fourth-order valence-electron chi connectivity index (χ4n) is 4.78. The van der Waals surface area contributed by atoms with Crippen molar-refractivity contribution < 1.29 is 4.74 Å². The van der Waals surface area contributed by atoms with Crippen LogP contribution in [0.1, 0.15) is 43.2 Å². The van der Waals surface area contributed by atoms with E-state index in [0.29, 0.717) is 26.9 Å². The molecule has 0 unspecified atom stereocenters. The number of benzene rings is 2. The molecule has 0 fully saturated rings. The van der Waals surface area contributed by atoms with Crippen molar-refractivity contribution in [3.05, 3.63) is 78.9 Å². The quantitative estimate of drug-likeness (QED) is 0.183. The van der Waals surface area contributed by atoms with Crippen LogP contribution in [0.2, 0.25) is 10.0 Å². The lowest BCUT2D eigenvalue weighted by Gasteiger charge is -2.33. The summed E-state index contributed by atoms with van der Waals surface area (Å²) in [4.78, 5) is 21.3. The van der Waals surface area contributed by atoms with Crippen molar-refractivity contribution >= 4 is 56.5 Å². The van der Waals surface area contributed by atoms with Crippen molar-refractivity contribution in [2.45, 2.75) is 50.9 Å². The molecule has 2 aromatic heterocycles. The molecule has 0 bridgehead atoms. The summed E-state index contributed by atoms with van der Waals surface area (Å²) in [7, 11) is 1.63. The number of fused-ring (bicyclic) bond motifs is 3. The first-order valence-electron chi connectivity index (χ1n) is 11.9. The highest BCUT2D eigenvalue weighted by molar-refractivity contribution is 7.98. The van der Waals surface area contributed by atoms with Crippen LogP contribution in [0, 0.1) is 11.3 Å². The van der Waals surface area contributed by atoms with Gasteiger partial charge in [0.25, 0.3) is 5.56 Å². The van der Waals surface area contributed by atoms with Crippen molar-refractivity contribution in [2.75, 3.05) is 7.11 Å². The van der Waals surface area contributed by atoms with E-state index in [1.54, 1.807) is 29.1 Å². The largest absolute Gasteiger partial charge is 0.497 e. The first-order chi connectivity index (χ1) is 17.2. The van der Waals surface area contributed by atoms with Crippen LogP contribution in [0.4, 0.5) is 0 Å². The predicted molar refractivity (Wildman–Crippen MR) is 153 cm³/mol. The summed E-state index contributed by atoms with van der Waals surface area (Å²) in [6.07, 6.45) is 3.03.